The van der Waals surface area contributed by atoms with E-state index in [4.69, 9.17) is 14.7 Å². The van der Waals surface area contributed by atoms with Gasteiger partial charge in [0.1, 0.15) is 11.5 Å². The van der Waals surface area contributed by atoms with Crippen LogP contribution < -0.4 is 4.74 Å². The number of nitriles is 1. The largest absolute Gasteiger partial charge is 0.456 e. The molecule has 6 heterocycles. The summed E-state index contributed by atoms with van der Waals surface area (Å²) < 4.78 is 14.4. The van der Waals surface area contributed by atoms with Gasteiger partial charge in [0.15, 0.2) is 0 Å². The Morgan fingerprint density at radius 2 is 0.823 bits per heavy atom. The number of ether oxygens (including phenoxy) is 1. The Morgan fingerprint density at radius 3 is 1.44 bits per heavy atom. The summed E-state index contributed by atoms with van der Waals surface area (Å²) in [6.45, 7) is 0. The van der Waals surface area contributed by atoms with Gasteiger partial charge in [-0.2, -0.15) is 5.26 Å². The van der Waals surface area contributed by atoms with Gasteiger partial charge in [-0.3, -0.25) is 9.97 Å². The van der Waals surface area contributed by atoms with Gasteiger partial charge in [-0.15, -0.1) is 0 Å². The first-order valence-corrected chi connectivity index (χ1v) is 26.7. The van der Waals surface area contributed by atoms with Crippen molar-refractivity contribution in [3.63, 3.8) is 0 Å². The molecule has 0 unspecified atom stereocenters. The molecule has 7 nitrogen and oxygen atoms in total. The van der Waals surface area contributed by atoms with Crippen molar-refractivity contribution >= 4 is 65.4 Å². The molecule has 0 N–H and O–H groups in total. The molecule has 2 aliphatic rings. The smallest absolute Gasteiger partial charge is 0.140 e. The first-order chi connectivity index (χ1) is 39.1. The van der Waals surface area contributed by atoms with Crippen molar-refractivity contribution in [3.8, 4) is 68.3 Å². The normalized spacial score (nSPS) is 13.0. The molecule has 0 amide bonds. The Kier molecular flexibility index (Phi) is 8.99. The van der Waals surface area contributed by atoms with E-state index >= 15 is 0 Å². The van der Waals surface area contributed by atoms with E-state index in [1.165, 1.54) is 38.1 Å². The predicted molar refractivity (Wildman–Crippen MR) is 318 cm³/mol. The predicted octanol–water partition coefficient (Wildman–Crippen LogP) is 17.4. The molecule has 79 heavy (non-hydrogen) atoms. The first kappa shape index (κ1) is 43.4. The molecule has 0 radical (unpaired) electrons. The van der Waals surface area contributed by atoms with Crippen LogP contribution >= 0.6 is 0 Å². The molecule has 7 heteroatoms. The van der Waals surface area contributed by atoms with Crippen LogP contribution in [0, 0.1) is 11.3 Å². The molecule has 0 saturated heterocycles. The molecule has 0 atom stereocenters. The minimum absolute atomic E-state index is 0.608. The lowest BCUT2D eigenvalue weighted by molar-refractivity contribution is 0.438. The van der Waals surface area contributed by atoms with Crippen molar-refractivity contribution < 1.29 is 4.74 Å². The lowest BCUT2D eigenvalue weighted by Crippen LogP contribution is -2.32. The molecule has 0 fully saturated rings. The van der Waals surface area contributed by atoms with E-state index < -0.39 is 5.41 Å². The molecule has 5 aromatic heterocycles. The summed E-state index contributed by atoms with van der Waals surface area (Å²) >= 11 is 0. The highest BCUT2D eigenvalue weighted by molar-refractivity contribution is 6.13. The van der Waals surface area contributed by atoms with Crippen molar-refractivity contribution in [1.82, 2.24) is 23.7 Å². The van der Waals surface area contributed by atoms with Crippen molar-refractivity contribution in [2.45, 2.75) is 5.41 Å². The Morgan fingerprint density at radius 1 is 0.354 bits per heavy atom. The van der Waals surface area contributed by atoms with Crippen LogP contribution in [0.3, 0.4) is 0 Å². The third kappa shape index (κ3) is 6.00. The van der Waals surface area contributed by atoms with Crippen molar-refractivity contribution in [2.75, 3.05) is 0 Å². The fourth-order valence-corrected chi connectivity index (χ4v) is 13.5. The second kappa shape index (κ2) is 16.3. The summed E-state index contributed by atoms with van der Waals surface area (Å²) in [6.07, 6.45) is 3.74. The molecule has 1 spiro atoms. The topological polar surface area (TPSA) is 73.6 Å². The quantitative estimate of drug-likeness (QED) is 0.172. The molecule has 1 aliphatic carbocycles. The van der Waals surface area contributed by atoms with Gasteiger partial charge < -0.3 is 18.4 Å². The number of hydrogen-bond acceptors (Lipinski definition) is 4. The summed E-state index contributed by atoms with van der Waals surface area (Å²) in [5.74, 6) is 1.56. The van der Waals surface area contributed by atoms with E-state index in [1.807, 2.05) is 36.7 Å². The Hall–Kier alpha value is -10.8. The Bertz CT molecular complexity index is 5030. The third-order valence-corrected chi connectivity index (χ3v) is 16.8. The van der Waals surface area contributed by atoms with E-state index in [0.29, 0.717) is 5.56 Å². The minimum Gasteiger partial charge on any atom is -0.456 e. The van der Waals surface area contributed by atoms with Gasteiger partial charge in [0.05, 0.1) is 61.5 Å². The number of hydrogen-bond donors (Lipinski definition) is 0. The van der Waals surface area contributed by atoms with Gasteiger partial charge in [0, 0.05) is 78.5 Å². The maximum atomic E-state index is 10.3. The number of nitrogens with zero attached hydrogens (tertiary/aromatic N) is 6. The van der Waals surface area contributed by atoms with Crippen molar-refractivity contribution in [2.24, 2.45) is 0 Å². The van der Waals surface area contributed by atoms with Gasteiger partial charge in [-0.25, -0.2) is 0 Å². The minimum atomic E-state index is -0.817. The maximum absolute atomic E-state index is 10.3. The van der Waals surface area contributed by atoms with Crippen LogP contribution in [0.4, 0.5) is 0 Å². The SMILES string of the molecule is N#Cc1ccc2c(c1)c1cc(-c3cccc4c3Oc3ccc(-c5ccc6c(c5)c5ccccc5n6-c5ccccc5)cc3C43c4cccnc4-c4ncccc43)ccc1n2-c1ccc(-n2c3ccccc3c3ccccc32)cc1. The lowest BCUT2D eigenvalue weighted by Gasteiger charge is -2.40. The highest BCUT2D eigenvalue weighted by Crippen LogP contribution is 2.63. The molecule has 10 aromatic carbocycles. The van der Waals surface area contributed by atoms with E-state index in [0.717, 1.165) is 112 Å². The molecular weight excluding hydrogens is 965 g/mol. The van der Waals surface area contributed by atoms with Crippen LogP contribution in [-0.2, 0) is 5.41 Å². The molecular formula is C72H42N6O. The van der Waals surface area contributed by atoms with Crippen LogP contribution in [-0.4, -0.2) is 23.7 Å². The third-order valence-electron chi connectivity index (χ3n) is 16.8. The number of aromatic nitrogens is 5. The van der Waals surface area contributed by atoms with E-state index in [1.54, 1.807) is 0 Å². The first-order valence-electron chi connectivity index (χ1n) is 26.7. The fourth-order valence-electron chi connectivity index (χ4n) is 13.5. The summed E-state index contributed by atoms with van der Waals surface area (Å²) in [6, 6.07) is 89.1. The maximum Gasteiger partial charge on any atom is 0.140 e. The van der Waals surface area contributed by atoms with Crippen molar-refractivity contribution in [3.05, 3.63) is 283 Å². The number of pyridine rings is 2. The van der Waals surface area contributed by atoms with Crippen molar-refractivity contribution in [1.29, 1.82) is 5.26 Å². The molecule has 0 bridgehead atoms. The van der Waals surface area contributed by atoms with Crippen LogP contribution in [0.25, 0.3) is 116 Å². The van der Waals surface area contributed by atoms with Crippen LogP contribution in [0.1, 0.15) is 27.8 Å². The summed E-state index contributed by atoms with van der Waals surface area (Å²) in [5, 5.41) is 17.2. The van der Waals surface area contributed by atoms with E-state index in [9.17, 15) is 5.26 Å². The zero-order chi connectivity index (χ0) is 51.9. The zero-order valence-corrected chi connectivity index (χ0v) is 42.3. The second-order valence-corrected chi connectivity index (χ2v) is 20.8. The zero-order valence-electron chi connectivity index (χ0n) is 42.3. The number of fused-ring (bicyclic) bond motifs is 18. The molecule has 1 aliphatic heterocycles. The van der Waals surface area contributed by atoms with Crippen LogP contribution in [0.2, 0.25) is 0 Å². The highest BCUT2D eigenvalue weighted by atomic mass is 16.5. The molecule has 17 rings (SSSR count). The lowest BCUT2D eigenvalue weighted by atomic mass is 9.65. The standard InChI is InChI=1S/C72H42N6O/c73-43-44-25-33-65-55(39-44)57-41-47(27-35-67(57)78(65)50-31-29-49(30-32-50)77-62-22-7-4-15-52(62)53-16-5-8-23-63(53)77)51-18-10-19-60-71(51)79-68-36-28-46(42-61(68)72(60)58-20-11-37-74-69(58)70-59(72)21-12-38-75-70)45-26-34-66-56(40-45)54-17-6-9-24-64(54)76(66)48-13-2-1-3-14-48/h1-42H. The van der Waals surface area contributed by atoms with Gasteiger partial charge in [0.25, 0.3) is 0 Å². The molecule has 366 valence electrons. The monoisotopic (exact) mass is 1010 g/mol. The number of rotatable bonds is 5. The molecule has 15 aromatic rings. The summed E-state index contributed by atoms with van der Waals surface area (Å²) in [7, 11) is 0. The highest BCUT2D eigenvalue weighted by Gasteiger charge is 2.53. The van der Waals surface area contributed by atoms with Gasteiger partial charge in [0.2, 0.25) is 0 Å². The van der Waals surface area contributed by atoms with Crippen LogP contribution in [0.5, 0.6) is 11.5 Å². The van der Waals surface area contributed by atoms with E-state index in [2.05, 4.69) is 238 Å². The van der Waals surface area contributed by atoms with Crippen LogP contribution in [0.15, 0.2) is 255 Å². The Balaban J connectivity index is 0.835. The average molecular weight is 1010 g/mol. The fraction of sp³-hybridized carbons (Fsp3) is 0.0139. The molecule has 0 saturated carbocycles. The summed E-state index contributed by atoms with van der Waals surface area (Å²) in [5.41, 5.74) is 19.9. The summed E-state index contributed by atoms with van der Waals surface area (Å²) in [4.78, 5) is 10.1. The second-order valence-electron chi connectivity index (χ2n) is 20.8. The number of para-hydroxylation sites is 5. The Labute approximate surface area is 453 Å². The van der Waals surface area contributed by atoms with E-state index in [-0.39, 0.29) is 0 Å². The van der Waals surface area contributed by atoms with Gasteiger partial charge in [-0.1, -0.05) is 121 Å². The van der Waals surface area contributed by atoms with Gasteiger partial charge in [-0.05, 0) is 149 Å². The number of benzene rings is 10. The van der Waals surface area contributed by atoms with Gasteiger partial charge >= 0.3 is 0 Å². The average Bonchev–Trinajstić information content (AvgIpc) is 4.45.